The summed E-state index contributed by atoms with van der Waals surface area (Å²) in [4.78, 5) is 28.8. The van der Waals surface area contributed by atoms with Crippen LogP contribution < -0.4 is 5.32 Å². The first-order valence-corrected chi connectivity index (χ1v) is 9.71. The average molecular weight is 381 g/mol. The van der Waals surface area contributed by atoms with Crippen molar-refractivity contribution in [2.45, 2.75) is 19.8 Å². The van der Waals surface area contributed by atoms with Crippen LogP contribution in [0.15, 0.2) is 48.5 Å². The third-order valence-corrected chi connectivity index (χ3v) is 5.06. The molecule has 0 atom stereocenters. The molecule has 1 fully saturated rings. The summed E-state index contributed by atoms with van der Waals surface area (Å²) in [5.41, 5.74) is 2.89. The molecule has 6 nitrogen and oxygen atoms in total. The van der Waals surface area contributed by atoms with Crippen molar-refractivity contribution in [3.05, 3.63) is 59.7 Å². The third kappa shape index (κ3) is 5.33. The zero-order valence-electron chi connectivity index (χ0n) is 16.2. The Morgan fingerprint density at radius 1 is 1.00 bits per heavy atom. The van der Waals surface area contributed by atoms with Gasteiger partial charge in [-0.1, -0.05) is 37.3 Å². The zero-order chi connectivity index (χ0) is 19.9. The van der Waals surface area contributed by atoms with Gasteiger partial charge >= 0.3 is 0 Å². The number of carbonyl (C=O) groups excluding carboxylic acids is 2. The maximum absolute atomic E-state index is 12.5. The first-order chi connectivity index (χ1) is 13.5. The molecule has 6 heteroatoms. The lowest BCUT2D eigenvalue weighted by molar-refractivity contribution is -0.132. The minimum Gasteiger partial charge on any atom is -0.508 e. The van der Waals surface area contributed by atoms with Gasteiger partial charge in [0.05, 0.1) is 13.0 Å². The average Bonchev–Trinajstić information content (AvgIpc) is 2.70. The van der Waals surface area contributed by atoms with Crippen LogP contribution in [0.25, 0.3) is 0 Å². The fraction of sp³-hybridized carbons (Fsp3) is 0.364. The van der Waals surface area contributed by atoms with Gasteiger partial charge in [-0.05, 0) is 35.7 Å². The van der Waals surface area contributed by atoms with Crippen LogP contribution in [0.4, 0.5) is 5.69 Å². The van der Waals surface area contributed by atoms with Crippen LogP contribution in [-0.2, 0) is 22.4 Å². The molecule has 1 aliphatic heterocycles. The largest absolute Gasteiger partial charge is 0.508 e. The number of nitrogens with zero attached hydrogens (tertiary/aromatic N) is 2. The summed E-state index contributed by atoms with van der Waals surface area (Å²) in [5.74, 6) is 0.251. The smallest absolute Gasteiger partial charge is 0.238 e. The Morgan fingerprint density at radius 2 is 1.68 bits per heavy atom. The molecular formula is C22H27N3O3. The van der Waals surface area contributed by atoms with E-state index in [-0.39, 0.29) is 17.6 Å². The lowest BCUT2D eigenvalue weighted by Gasteiger charge is -2.34. The molecule has 0 saturated carbocycles. The number of aryl methyl sites for hydroxylation is 1. The minimum atomic E-state index is -0.0234. The van der Waals surface area contributed by atoms with Crippen LogP contribution in [0, 0.1) is 0 Å². The minimum absolute atomic E-state index is 0.0234. The number of hydrogen-bond acceptors (Lipinski definition) is 4. The van der Waals surface area contributed by atoms with E-state index >= 15 is 0 Å². The number of phenolic OH excluding ortho intramolecular Hbond substituents is 1. The van der Waals surface area contributed by atoms with Gasteiger partial charge in [0, 0.05) is 31.9 Å². The topological polar surface area (TPSA) is 72.9 Å². The van der Waals surface area contributed by atoms with E-state index in [2.05, 4.69) is 17.1 Å². The summed E-state index contributed by atoms with van der Waals surface area (Å²) in [6.45, 7) is 5.01. The molecule has 2 aromatic rings. The summed E-state index contributed by atoms with van der Waals surface area (Å²) < 4.78 is 0. The second kappa shape index (κ2) is 9.37. The highest BCUT2D eigenvalue weighted by Crippen LogP contribution is 2.16. The lowest BCUT2D eigenvalue weighted by Crippen LogP contribution is -2.50. The van der Waals surface area contributed by atoms with E-state index < -0.39 is 0 Å². The predicted octanol–water partition coefficient (Wildman–Crippen LogP) is 2.28. The van der Waals surface area contributed by atoms with Crippen LogP contribution >= 0.6 is 0 Å². The van der Waals surface area contributed by atoms with Gasteiger partial charge in [0.15, 0.2) is 0 Å². The van der Waals surface area contributed by atoms with Gasteiger partial charge in [-0.2, -0.15) is 0 Å². The second-order valence-electron chi connectivity index (χ2n) is 7.06. The van der Waals surface area contributed by atoms with Gasteiger partial charge in [0.1, 0.15) is 5.75 Å². The van der Waals surface area contributed by atoms with Crippen LogP contribution in [0.2, 0.25) is 0 Å². The van der Waals surface area contributed by atoms with Crippen molar-refractivity contribution >= 4 is 17.5 Å². The number of hydrogen-bond donors (Lipinski definition) is 2. The Hall–Kier alpha value is -2.86. The number of aromatic hydroxyl groups is 1. The summed E-state index contributed by atoms with van der Waals surface area (Å²) in [5, 5.41) is 12.3. The Morgan fingerprint density at radius 3 is 2.36 bits per heavy atom. The van der Waals surface area contributed by atoms with Crippen LogP contribution in [-0.4, -0.2) is 59.4 Å². The second-order valence-corrected chi connectivity index (χ2v) is 7.06. The molecule has 148 valence electrons. The van der Waals surface area contributed by atoms with Crippen LogP contribution in [0.1, 0.15) is 18.1 Å². The van der Waals surface area contributed by atoms with Gasteiger partial charge in [-0.15, -0.1) is 0 Å². The van der Waals surface area contributed by atoms with Crippen LogP contribution in [0.3, 0.4) is 0 Å². The van der Waals surface area contributed by atoms with Gasteiger partial charge in [0.25, 0.3) is 0 Å². The molecule has 0 aliphatic carbocycles. The SMILES string of the molecule is CCc1ccccc1NC(=O)CN1CCN(C(=O)Cc2ccc(O)cc2)CC1. The summed E-state index contributed by atoms with van der Waals surface area (Å²) in [6, 6.07) is 14.6. The molecule has 1 saturated heterocycles. The van der Waals surface area contributed by atoms with E-state index in [1.54, 1.807) is 24.3 Å². The predicted molar refractivity (Wildman–Crippen MR) is 109 cm³/mol. The molecule has 2 N–H and O–H groups in total. The number of rotatable bonds is 6. The number of phenols is 1. The molecule has 1 heterocycles. The Labute approximate surface area is 165 Å². The number of para-hydroxylation sites is 1. The van der Waals surface area contributed by atoms with E-state index in [0.29, 0.717) is 39.1 Å². The zero-order valence-corrected chi connectivity index (χ0v) is 16.2. The standard InChI is InChI=1S/C22H27N3O3/c1-2-18-5-3-4-6-20(18)23-21(27)16-24-11-13-25(14-12-24)22(28)15-17-7-9-19(26)10-8-17/h3-10,26H,2,11-16H2,1H3,(H,23,27). The molecule has 0 aromatic heterocycles. The van der Waals surface area contributed by atoms with E-state index in [1.165, 1.54) is 0 Å². The van der Waals surface area contributed by atoms with Gasteiger partial charge in [-0.3, -0.25) is 14.5 Å². The van der Waals surface area contributed by atoms with E-state index in [9.17, 15) is 14.7 Å². The van der Waals surface area contributed by atoms with Crippen molar-refractivity contribution in [2.24, 2.45) is 0 Å². The Kier molecular flexibility index (Phi) is 6.66. The van der Waals surface area contributed by atoms with E-state index in [0.717, 1.165) is 23.2 Å². The number of benzene rings is 2. The summed E-state index contributed by atoms with van der Waals surface area (Å²) in [7, 11) is 0. The maximum Gasteiger partial charge on any atom is 0.238 e. The molecule has 28 heavy (non-hydrogen) atoms. The van der Waals surface area contributed by atoms with Crippen molar-refractivity contribution in [1.29, 1.82) is 0 Å². The summed E-state index contributed by atoms with van der Waals surface area (Å²) in [6.07, 6.45) is 1.20. The lowest BCUT2D eigenvalue weighted by atomic mass is 10.1. The molecule has 2 amide bonds. The quantitative estimate of drug-likeness (QED) is 0.805. The van der Waals surface area contributed by atoms with Gasteiger partial charge < -0.3 is 15.3 Å². The number of nitrogens with one attached hydrogen (secondary N) is 1. The van der Waals surface area contributed by atoms with Crippen molar-refractivity contribution < 1.29 is 14.7 Å². The number of carbonyl (C=O) groups is 2. The molecule has 0 spiro atoms. The van der Waals surface area contributed by atoms with Gasteiger partial charge in [0.2, 0.25) is 11.8 Å². The highest BCUT2D eigenvalue weighted by atomic mass is 16.3. The molecule has 3 rings (SSSR count). The molecule has 2 aromatic carbocycles. The third-order valence-electron chi connectivity index (χ3n) is 5.06. The molecular weight excluding hydrogens is 354 g/mol. The maximum atomic E-state index is 12.5. The molecule has 0 unspecified atom stereocenters. The fourth-order valence-electron chi connectivity index (χ4n) is 3.40. The van der Waals surface area contributed by atoms with Crippen molar-refractivity contribution in [3.8, 4) is 5.75 Å². The monoisotopic (exact) mass is 381 g/mol. The number of piperazine rings is 1. The Balaban J connectivity index is 1.45. The molecule has 0 radical (unpaired) electrons. The summed E-state index contributed by atoms with van der Waals surface area (Å²) >= 11 is 0. The highest BCUT2D eigenvalue weighted by molar-refractivity contribution is 5.93. The van der Waals surface area contributed by atoms with Gasteiger partial charge in [-0.25, -0.2) is 0 Å². The highest BCUT2D eigenvalue weighted by Gasteiger charge is 2.22. The molecule has 0 bridgehead atoms. The van der Waals surface area contributed by atoms with E-state index in [1.807, 2.05) is 29.2 Å². The number of anilines is 1. The normalized spacial score (nSPS) is 14.7. The Bertz CT molecular complexity index is 812. The van der Waals surface area contributed by atoms with Crippen LogP contribution in [0.5, 0.6) is 5.75 Å². The first kappa shape index (κ1) is 19.9. The molecule has 1 aliphatic rings. The number of amides is 2. The van der Waals surface area contributed by atoms with Crippen molar-refractivity contribution in [2.75, 3.05) is 38.0 Å². The van der Waals surface area contributed by atoms with Crippen molar-refractivity contribution in [1.82, 2.24) is 9.80 Å². The van der Waals surface area contributed by atoms with Crippen molar-refractivity contribution in [3.63, 3.8) is 0 Å². The first-order valence-electron chi connectivity index (χ1n) is 9.71. The fourth-order valence-corrected chi connectivity index (χ4v) is 3.40. The van der Waals surface area contributed by atoms with E-state index in [4.69, 9.17) is 0 Å².